The molecule has 0 atom stereocenters. The van der Waals surface area contributed by atoms with Gasteiger partial charge in [-0.15, -0.1) is 0 Å². The fourth-order valence-corrected chi connectivity index (χ4v) is 2.76. The number of hydrogen-bond acceptors (Lipinski definition) is 4. The number of carbonyl (C=O) groups excluding carboxylic acids is 1. The van der Waals surface area contributed by atoms with Crippen LogP contribution in [0.1, 0.15) is 15.9 Å². The maximum atomic E-state index is 13.8. The second-order valence-electron chi connectivity index (χ2n) is 6.08. The van der Waals surface area contributed by atoms with E-state index in [0.717, 1.165) is 11.4 Å². The zero-order chi connectivity index (χ0) is 20.6. The van der Waals surface area contributed by atoms with Crippen LogP contribution in [0.25, 0.3) is 0 Å². The van der Waals surface area contributed by atoms with Crippen LogP contribution < -0.4 is 14.8 Å². The van der Waals surface area contributed by atoms with Gasteiger partial charge in [-0.2, -0.15) is 0 Å². The first-order valence-corrected chi connectivity index (χ1v) is 9.22. The first-order valence-electron chi connectivity index (χ1n) is 8.84. The summed E-state index contributed by atoms with van der Waals surface area (Å²) >= 11 is 5.99. The first kappa shape index (κ1) is 20.4. The number of anilines is 1. The van der Waals surface area contributed by atoms with Gasteiger partial charge in [0.1, 0.15) is 23.9 Å². The number of rotatable bonds is 8. The summed E-state index contributed by atoms with van der Waals surface area (Å²) in [7, 11) is 1.60. The van der Waals surface area contributed by atoms with Crippen molar-refractivity contribution in [1.29, 1.82) is 0 Å². The number of ketones is 1. The Morgan fingerprint density at radius 2 is 1.72 bits per heavy atom. The monoisotopic (exact) mass is 411 g/mol. The highest BCUT2D eigenvalue weighted by atomic mass is 35.5. The van der Waals surface area contributed by atoms with E-state index in [9.17, 15) is 9.18 Å². The molecule has 0 fully saturated rings. The predicted molar refractivity (Wildman–Crippen MR) is 112 cm³/mol. The number of ether oxygens (including phenoxy) is 2. The van der Waals surface area contributed by atoms with Crippen LogP contribution in [0.15, 0.2) is 79.0 Å². The molecule has 0 heterocycles. The van der Waals surface area contributed by atoms with E-state index in [1.807, 2.05) is 24.3 Å². The lowest BCUT2D eigenvalue weighted by atomic mass is 10.1. The Labute approximate surface area is 173 Å². The van der Waals surface area contributed by atoms with Gasteiger partial charge in [0.25, 0.3) is 0 Å². The molecule has 29 heavy (non-hydrogen) atoms. The highest BCUT2D eigenvalue weighted by Crippen LogP contribution is 2.22. The molecule has 0 spiro atoms. The zero-order valence-electron chi connectivity index (χ0n) is 15.7. The number of nitrogens with one attached hydrogen (secondary N) is 1. The summed E-state index contributed by atoms with van der Waals surface area (Å²) in [6.07, 6.45) is 3.02. The summed E-state index contributed by atoms with van der Waals surface area (Å²) in [6.45, 7) is 0.00445. The summed E-state index contributed by atoms with van der Waals surface area (Å²) in [5, 5.41) is 3.34. The molecule has 0 aliphatic rings. The molecule has 0 aliphatic heterocycles. The minimum atomic E-state index is -0.418. The van der Waals surface area contributed by atoms with Crippen molar-refractivity contribution in [2.24, 2.45) is 0 Å². The maximum Gasteiger partial charge on any atom is 0.187 e. The van der Waals surface area contributed by atoms with Crippen molar-refractivity contribution in [3.05, 3.63) is 101 Å². The molecule has 3 aromatic carbocycles. The van der Waals surface area contributed by atoms with Crippen LogP contribution in [-0.4, -0.2) is 12.9 Å². The molecule has 0 saturated heterocycles. The Bertz CT molecular complexity index is 981. The highest BCUT2D eigenvalue weighted by molar-refractivity contribution is 6.31. The lowest BCUT2D eigenvalue weighted by molar-refractivity contribution is 0.104. The lowest BCUT2D eigenvalue weighted by Gasteiger charge is -2.09. The predicted octanol–water partition coefficient (Wildman–Crippen LogP) is 5.88. The number of carbonyl (C=O) groups is 1. The Kier molecular flexibility index (Phi) is 6.87. The van der Waals surface area contributed by atoms with E-state index in [1.165, 1.54) is 12.1 Å². The number of hydrogen-bond donors (Lipinski definition) is 1. The fourth-order valence-electron chi connectivity index (χ4n) is 2.54. The molecule has 0 bridgehead atoms. The molecule has 148 valence electrons. The van der Waals surface area contributed by atoms with Crippen LogP contribution in [0.5, 0.6) is 11.5 Å². The average Bonchev–Trinajstić information content (AvgIpc) is 2.74. The summed E-state index contributed by atoms with van der Waals surface area (Å²) in [6, 6.07) is 18.4. The van der Waals surface area contributed by atoms with Crippen molar-refractivity contribution in [2.45, 2.75) is 6.61 Å². The summed E-state index contributed by atoms with van der Waals surface area (Å²) < 4.78 is 24.4. The average molecular weight is 412 g/mol. The molecular formula is C23H19ClFNO3. The van der Waals surface area contributed by atoms with Gasteiger partial charge >= 0.3 is 0 Å². The summed E-state index contributed by atoms with van der Waals surface area (Å²) in [5.74, 6) is 0.699. The van der Waals surface area contributed by atoms with Gasteiger partial charge in [0.2, 0.25) is 0 Å². The fraction of sp³-hybridized carbons (Fsp3) is 0.0870. The van der Waals surface area contributed by atoms with E-state index in [0.29, 0.717) is 21.9 Å². The van der Waals surface area contributed by atoms with Crippen LogP contribution in [0.4, 0.5) is 10.1 Å². The van der Waals surface area contributed by atoms with Gasteiger partial charge in [-0.05, 0) is 60.7 Å². The molecule has 4 nitrogen and oxygen atoms in total. The molecular weight excluding hydrogens is 393 g/mol. The van der Waals surface area contributed by atoms with Crippen molar-refractivity contribution in [1.82, 2.24) is 0 Å². The molecule has 1 N–H and O–H groups in total. The number of methoxy groups -OCH3 is 1. The van der Waals surface area contributed by atoms with E-state index >= 15 is 0 Å². The Hall–Kier alpha value is -3.31. The molecule has 3 aromatic rings. The smallest absolute Gasteiger partial charge is 0.187 e. The van der Waals surface area contributed by atoms with Gasteiger partial charge < -0.3 is 14.8 Å². The van der Waals surface area contributed by atoms with E-state index in [2.05, 4.69) is 5.32 Å². The third-order valence-corrected chi connectivity index (χ3v) is 4.51. The SMILES string of the molecule is COc1ccc(NC=CC(=O)c2ccc(OCc3c(F)cccc3Cl)cc2)cc1. The number of allylic oxidation sites excluding steroid dienone is 1. The molecule has 0 aliphatic carbocycles. The van der Waals surface area contributed by atoms with E-state index in [1.54, 1.807) is 49.7 Å². The van der Waals surface area contributed by atoms with Gasteiger partial charge in [-0.25, -0.2) is 4.39 Å². The Balaban J connectivity index is 1.55. The largest absolute Gasteiger partial charge is 0.497 e. The lowest BCUT2D eigenvalue weighted by Crippen LogP contribution is -2.00. The minimum absolute atomic E-state index is 0.00445. The third-order valence-electron chi connectivity index (χ3n) is 4.16. The normalized spacial score (nSPS) is 10.7. The van der Waals surface area contributed by atoms with Crippen molar-refractivity contribution in [3.63, 3.8) is 0 Å². The van der Waals surface area contributed by atoms with Gasteiger partial charge in [-0.1, -0.05) is 17.7 Å². The van der Waals surface area contributed by atoms with Crippen LogP contribution in [0.2, 0.25) is 5.02 Å². The Morgan fingerprint density at radius 1 is 1.03 bits per heavy atom. The van der Waals surface area contributed by atoms with E-state index in [4.69, 9.17) is 21.1 Å². The van der Waals surface area contributed by atoms with Crippen molar-refractivity contribution < 1.29 is 18.7 Å². The topological polar surface area (TPSA) is 47.6 Å². The molecule has 0 aromatic heterocycles. The van der Waals surface area contributed by atoms with Gasteiger partial charge in [0.15, 0.2) is 5.78 Å². The van der Waals surface area contributed by atoms with Gasteiger partial charge in [0, 0.05) is 29.1 Å². The summed E-state index contributed by atoms with van der Waals surface area (Å²) in [4.78, 5) is 12.3. The van der Waals surface area contributed by atoms with Crippen LogP contribution in [0, 0.1) is 5.82 Å². The van der Waals surface area contributed by atoms with Crippen molar-refractivity contribution in [3.8, 4) is 11.5 Å². The van der Waals surface area contributed by atoms with Crippen LogP contribution >= 0.6 is 11.6 Å². The Morgan fingerprint density at radius 3 is 2.38 bits per heavy atom. The van der Waals surface area contributed by atoms with Crippen molar-refractivity contribution >= 4 is 23.1 Å². The van der Waals surface area contributed by atoms with E-state index in [-0.39, 0.29) is 12.4 Å². The zero-order valence-corrected chi connectivity index (χ0v) is 16.4. The summed E-state index contributed by atoms with van der Waals surface area (Å²) in [5.41, 5.74) is 1.64. The molecule has 0 saturated carbocycles. The number of halogens is 2. The van der Waals surface area contributed by atoms with Crippen LogP contribution in [0.3, 0.4) is 0 Å². The number of benzene rings is 3. The standard InChI is InChI=1S/C23H19ClFNO3/c1-28-18-11-7-17(8-12-18)26-14-13-23(27)16-5-9-19(10-6-16)29-15-20-21(24)3-2-4-22(20)25/h2-14,26H,15H2,1H3. The first-order chi connectivity index (χ1) is 14.1. The maximum absolute atomic E-state index is 13.8. The van der Waals surface area contributed by atoms with Gasteiger partial charge in [0.05, 0.1) is 12.1 Å². The molecule has 0 unspecified atom stereocenters. The second kappa shape index (κ2) is 9.75. The molecule has 3 rings (SSSR count). The molecule has 0 amide bonds. The second-order valence-corrected chi connectivity index (χ2v) is 6.49. The third kappa shape index (κ3) is 5.59. The molecule has 0 radical (unpaired) electrons. The minimum Gasteiger partial charge on any atom is -0.497 e. The van der Waals surface area contributed by atoms with Gasteiger partial charge in [-0.3, -0.25) is 4.79 Å². The van der Waals surface area contributed by atoms with E-state index < -0.39 is 5.82 Å². The molecule has 6 heteroatoms. The van der Waals surface area contributed by atoms with Crippen molar-refractivity contribution in [2.75, 3.05) is 12.4 Å². The quantitative estimate of drug-likeness (QED) is 0.371. The van der Waals surface area contributed by atoms with Crippen LogP contribution in [-0.2, 0) is 6.61 Å². The highest BCUT2D eigenvalue weighted by Gasteiger charge is 2.08.